The zero-order valence-corrected chi connectivity index (χ0v) is 15.3. The average Bonchev–Trinajstić information content (AvgIpc) is 2.53. The van der Waals surface area contributed by atoms with Crippen LogP contribution in [-0.4, -0.2) is 37.6 Å². The van der Waals surface area contributed by atoms with Gasteiger partial charge in [-0.2, -0.15) is 0 Å². The predicted molar refractivity (Wildman–Crippen MR) is 100 cm³/mol. The van der Waals surface area contributed by atoms with Gasteiger partial charge in [0.05, 0.1) is 0 Å². The standard InChI is InChI=1S/C19H43N3/c1-2-3-4-5-7-12-17-22(19-14-9-11-16-21)18-13-8-6-10-15-20/h2-21H2,1H3. The van der Waals surface area contributed by atoms with Crippen LogP contribution in [-0.2, 0) is 0 Å². The van der Waals surface area contributed by atoms with Crippen LogP contribution in [0.5, 0.6) is 0 Å². The van der Waals surface area contributed by atoms with Crippen LogP contribution in [0.25, 0.3) is 0 Å². The van der Waals surface area contributed by atoms with E-state index in [9.17, 15) is 0 Å². The van der Waals surface area contributed by atoms with E-state index >= 15 is 0 Å². The first-order valence-electron chi connectivity index (χ1n) is 9.97. The van der Waals surface area contributed by atoms with Gasteiger partial charge in [-0.3, -0.25) is 0 Å². The van der Waals surface area contributed by atoms with Crippen LogP contribution in [0.4, 0.5) is 0 Å². The summed E-state index contributed by atoms with van der Waals surface area (Å²) < 4.78 is 0. The molecule has 0 saturated heterocycles. The Kier molecular flexibility index (Phi) is 18.8. The Balaban J connectivity index is 3.69. The van der Waals surface area contributed by atoms with Gasteiger partial charge in [0, 0.05) is 0 Å². The molecule has 4 N–H and O–H groups in total. The van der Waals surface area contributed by atoms with E-state index in [1.165, 1.54) is 103 Å². The normalized spacial score (nSPS) is 11.5. The van der Waals surface area contributed by atoms with Crippen molar-refractivity contribution in [1.82, 2.24) is 4.90 Å². The number of hydrogen-bond donors (Lipinski definition) is 2. The highest BCUT2D eigenvalue weighted by molar-refractivity contribution is 4.60. The molecule has 0 aliphatic rings. The number of nitrogens with two attached hydrogens (primary N) is 2. The highest BCUT2D eigenvalue weighted by Crippen LogP contribution is 2.09. The molecular formula is C19H43N3. The molecule has 0 aromatic rings. The summed E-state index contributed by atoms with van der Waals surface area (Å²) in [5.41, 5.74) is 11.1. The van der Waals surface area contributed by atoms with Crippen molar-refractivity contribution < 1.29 is 0 Å². The lowest BCUT2D eigenvalue weighted by Crippen LogP contribution is -2.27. The van der Waals surface area contributed by atoms with E-state index in [1.807, 2.05) is 0 Å². The maximum Gasteiger partial charge on any atom is -0.00187 e. The minimum absolute atomic E-state index is 0.844. The van der Waals surface area contributed by atoms with Gasteiger partial charge in [0.2, 0.25) is 0 Å². The average molecular weight is 314 g/mol. The van der Waals surface area contributed by atoms with Crippen LogP contribution in [0, 0.1) is 0 Å². The van der Waals surface area contributed by atoms with E-state index in [0.29, 0.717) is 0 Å². The second-order valence-corrected chi connectivity index (χ2v) is 6.66. The van der Waals surface area contributed by atoms with Crippen LogP contribution in [0.3, 0.4) is 0 Å². The van der Waals surface area contributed by atoms with Gasteiger partial charge in [0.15, 0.2) is 0 Å². The fraction of sp³-hybridized carbons (Fsp3) is 1.00. The van der Waals surface area contributed by atoms with E-state index in [4.69, 9.17) is 11.5 Å². The highest BCUT2D eigenvalue weighted by Gasteiger charge is 2.04. The van der Waals surface area contributed by atoms with Crippen LogP contribution in [0.15, 0.2) is 0 Å². The van der Waals surface area contributed by atoms with Gasteiger partial charge in [0.25, 0.3) is 0 Å². The van der Waals surface area contributed by atoms with Crippen molar-refractivity contribution in [1.29, 1.82) is 0 Å². The van der Waals surface area contributed by atoms with Crippen molar-refractivity contribution in [3.63, 3.8) is 0 Å². The van der Waals surface area contributed by atoms with Crippen molar-refractivity contribution in [2.45, 2.75) is 90.4 Å². The molecule has 0 heterocycles. The summed E-state index contributed by atoms with van der Waals surface area (Å²) >= 11 is 0. The molecule has 0 unspecified atom stereocenters. The molecule has 0 aliphatic carbocycles. The first kappa shape index (κ1) is 21.9. The molecule has 0 spiro atoms. The summed E-state index contributed by atoms with van der Waals surface area (Å²) in [6.07, 6.45) is 17.3. The first-order valence-corrected chi connectivity index (χ1v) is 9.97. The van der Waals surface area contributed by atoms with Gasteiger partial charge in [-0.1, -0.05) is 58.3 Å². The number of unbranched alkanes of at least 4 members (excludes halogenated alkanes) is 10. The smallest absolute Gasteiger partial charge is 0.00187 e. The third-order valence-electron chi connectivity index (χ3n) is 4.43. The summed E-state index contributed by atoms with van der Waals surface area (Å²) in [4.78, 5) is 2.69. The Bertz CT molecular complexity index is 197. The Hall–Kier alpha value is -0.120. The van der Waals surface area contributed by atoms with Crippen molar-refractivity contribution in [2.24, 2.45) is 11.5 Å². The van der Waals surface area contributed by atoms with E-state index in [1.54, 1.807) is 0 Å². The van der Waals surface area contributed by atoms with E-state index < -0.39 is 0 Å². The van der Waals surface area contributed by atoms with Crippen molar-refractivity contribution >= 4 is 0 Å². The predicted octanol–water partition coefficient (Wildman–Crippen LogP) is 4.30. The van der Waals surface area contributed by atoms with E-state index in [-0.39, 0.29) is 0 Å². The van der Waals surface area contributed by atoms with E-state index in [0.717, 1.165) is 13.1 Å². The summed E-state index contributed by atoms with van der Waals surface area (Å²) in [7, 11) is 0. The number of rotatable bonds is 18. The van der Waals surface area contributed by atoms with Crippen LogP contribution in [0.2, 0.25) is 0 Å². The quantitative estimate of drug-likeness (QED) is 0.371. The fourth-order valence-corrected chi connectivity index (χ4v) is 2.94. The Morgan fingerprint density at radius 2 is 0.864 bits per heavy atom. The van der Waals surface area contributed by atoms with Crippen molar-refractivity contribution in [3.05, 3.63) is 0 Å². The maximum atomic E-state index is 5.59. The molecule has 0 bridgehead atoms. The molecule has 0 saturated carbocycles. The topological polar surface area (TPSA) is 55.3 Å². The third kappa shape index (κ3) is 16.3. The van der Waals surface area contributed by atoms with Gasteiger partial charge in [0.1, 0.15) is 0 Å². The molecule has 0 rings (SSSR count). The Morgan fingerprint density at radius 3 is 1.32 bits per heavy atom. The lowest BCUT2D eigenvalue weighted by Gasteiger charge is -2.22. The summed E-state index contributed by atoms with van der Waals surface area (Å²) in [5, 5.41) is 0. The fourth-order valence-electron chi connectivity index (χ4n) is 2.94. The van der Waals surface area contributed by atoms with Gasteiger partial charge in [-0.25, -0.2) is 0 Å². The maximum absolute atomic E-state index is 5.59. The molecule has 22 heavy (non-hydrogen) atoms. The van der Waals surface area contributed by atoms with Gasteiger partial charge in [-0.15, -0.1) is 0 Å². The summed E-state index contributed by atoms with van der Waals surface area (Å²) in [6.45, 7) is 7.82. The Morgan fingerprint density at radius 1 is 0.500 bits per heavy atom. The van der Waals surface area contributed by atoms with Crippen molar-refractivity contribution in [2.75, 3.05) is 32.7 Å². The molecule has 0 aliphatic heterocycles. The third-order valence-corrected chi connectivity index (χ3v) is 4.43. The second-order valence-electron chi connectivity index (χ2n) is 6.66. The molecule has 0 fully saturated rings. The first-order chi connectivity index (χ1) is 10.8. The lowest BCUT2D eigenvalue weighted by molar-refractivity contribution is 0.255. The van der Waals surface area contributed by atoms with Crippen LogP contribution >= 0.6 is 0 Å². The zero-order valence-electron chi connectivity index (χ0n) is 15.3. The molecule has 3 nitrogen and oxygen atoms in total. The molecule has 0 amide bonds. The minimum atomic E-state index is 0.844. The minimum Gasteiger partial charge on any atom is -0.330 e. The molecule has 0 aromatic heterocycles. The second kappa shape index (κ2) is 18.9. The monoisotopic (exact) mass is 313 g/mol. The zero-order chi connectivity index (χ0) is 16.3. The molecule has 0 aromatic carbocycles. The lowest BCUT2D eigenvalue weighted by atomic mass is 10.1. The largest absolute Gasteiger partial charge is 0.330 e. The molecular weight excluding hydrogens is 270 g/mol. The van der Waals surface area contributed by atoms with Crippen molar-refractivity contribution in [3.8, 4) is 0 Å². The molecule has 134 valence electrons. The van der Waals surface area contributed by atoms with Gasteiger partial charge in [-0.05, 0) is 64.8 Å². The number of nitrogens with zero attached hydrogens (tertiary/aromatic N) is 1. The highest BCUT2D eigenvalue weighted by atomic mass is 15.1. The summed E-state index contributed by atoms with van der Waals surface area (Å²) in [5.74, 6) is 0. The Labute approximate surface area is 140 Å². The van der Waals surface area contributed by atoms with Gasteiger partial charge >= 0.3 is 0 Å². The summed E-state index contributed by atoms with van der Waals surface area (Å²) in [6, 6.07) is 0. The van der Waals surface area contributed by atoms with Crippen LogP contribution in [0.1, 0.15) is 90.4 Å². The van der Waals surface area contributed by atoms with E-state index in [2.05, 4.69) is 11.8 Å². The molecule has 0 radical (unpaired) electrons. The number of hydrogen-bond acceptors (Lipinski definition) is 3. The molecule has 0 atom stereocenters. The van der Waals surface area contributed by atoms with Gasteiger partial charge < -0.3 is 16.4 Å². The van der Waals surface area contributed by atoms with Crippen LogP contribution < -0.4 is 11.5 Å². The molecule has 3 heteroatoms. The SMILES string of the molecule is CCCCCCCCN(CCCCCN)CCCCCCN.